The summed E-state index contributed by atoms with van der Waals surface area (Å²) in [6.07, 6.45) is 3.73. The lowest BCUT2D eigenvalue weighted by Crippen LogP contribution is -2.40. The Kier molecular flexibility index (Phi) is 11.0. The van der Waals surface area contributed by atoms with Crippen LogP contribution in [0.1, 0.15) is 52.5 Å². The van der Waals surface area contributed by atoms with Gasteiger partial charge in [0.25, 0.3) is 5.56 Å². The highest BCUT2D eigenvalue weighted by Crippen LogP contribution is 2.36. The van der Waals surface area contributed by atoms with Gasteiger partial charge in [0, 0.05) is 21.0 Å². The molecule has 6 rings (SSSR count). The minimum Gasteiger partial charge on any atom is -0.488 e. The molecule has 0 fully saturated rings. The molecule has 0 bridgehead atoms. The summed E-state index contributed by atoms with van der Waals surface area (Å²) < 4.78 is 18.8. The molecule has 0 saturated carbocycles. The fraction of sp³-hybridized carbons (Fsp3) is 0.179. The number of carbonyl (C=O) groups excluding carboxylic acids is 2. The predicted molar refractivity (Wildman–Crippen MR) is 197 cm³/mol. The fourth-order valence-corrected chi connectivity index (χ4v) is 7.14. The molecular formula is C39H33ClN2O6S2. The van der Waals surface area contributed by atoms with E-state index in [-0.39, 0.29) is 30.3 Å². The van der Waals surface area contributed by atoms with Gasteiger partial charge in [0.1, 0.15) is 12.4 Å². The molecule has 0 aliphatic carbocycles. The molecule has 254 valence electrons. The molecule has 1 aliphatic heterocycles. The summed E-state index contributed by atoms with van der Waals surface area (Å²) in [5, 5.41) is 0.470. The Morgan fingerprint density at radius 3 is 2.30 bits per heavy atom. The minimum absolute atomic E-state index is 0.167. The van der Waals surface area contributed by atoms with Gasteiger partial charge in [0.05, 0.1) is 40.6 Å². The van der Waals surface area contributed by atoms with Crippen LogP contribution in [0, 0.1) is 0 Å². The van der Waals surface area contributed by atoms with Gasteiger partial charge >= 0.3 is 11.9 Å². The minimum atomic E-state index is -0.786. The first-order valence-electron chi connectivity index (χ1n) is 15.9. The molecule has 0 amide bonds. The van der Waals surface area contributed by atoms with E-state index in [4.69, 9.17) is 30.8 Å². The lowest BCUT2D eigenvalue weighted by atomic mass is 9.93. The second-order valence-electron chi connectivity index (χ2n) is 11.1. The summed E-state index contributed by atoms with van der Waals surface area (Å²) in [7, 11) is 0. The third-order valence-electron chi connectivity index (χ3n) is 7.92. The maximum Gasteiger partial charge on any atom is 0.338 e. The average Bonchev–Trinajstić information content (AvgIpc) is 3.45. The Balaban J connectivity index is 1.45. The topological polar surface area (TPSA) is 96.2 Å². The zero-order valence-electron chi connectivity index (χ0n) is 27.6. The van der Waals surface area contributed by atoms with Crippen LogP contribution in [0.2, 0.25) is 5.02 Å². The van der Waals surface area contributed by atoms with Gasteiger partial charge in [-0.2, -0.15) is 0 Å². The fourth-order valence-electron chi connectivity index (χ4n) is 5.56. The third-order valence-corrected chi connectivity index (χ3v) is 9.88. The number of esters is 2. The number of hydrogen-bond acceptors (Lipinski definition) is 9. The number of nitrogens with zero attached hydrogens (tertiary/aromatic N) is 2. The number of hydrogen-bond donors (Lipinski definition) is 0. The highest BCUT2D eigenvalue weighted by molar-refractivity contribution is 7.98. The van der Waals surface area contributed by atoms with E-state index >= 15 is 0 Å². The molecule has 50 heavy (non-hydrogen) atoms. The van der Waals surface area contributed by atoms with Crippen molar-refractivity contribution in [1.82, 2.24) is 4.57 Å². The molecule has 0 radical (unpaired) electrons. The van der Waals surface area contributed by atoms with Gasteiger partial charge in [-0.3, -0.25) is 9.36 Å². The maximum absolute atomic E-state index is 14.4. The van der Waals surface area contributed by atoms with E-state index in [1.54, 1.807) is 78.7 Å². The number of halogens is 1. The first kappa shape index (κ1) is 34.9. The van der Waals surface area contributed by atoms with Crippen LogP contribution in [0.4, 0.5) is 0 Å². The molecular weight excluding hydrogens is 692 g/mol. The lowest BCUT2D eigenvalue weighted by molar-refractivity contribution is -0.138. The quantitative estimate of drug-likeness (QED) is 0.106. The third kappa shape index (κ3) is 7.47. The molecule has 5 aromatic rings. The predicted octanol–water partition coefficient (Wildman–Crippen LogP) is 7.07. The Hall–Kier alpha value is -4.90. The first-order chi connectivity index (χ1) is 24.3. The number of carbonyl (C=O) groups is 2. The van der Waals surface area contributed by atoms with Crippen molar-refractivity contribution >= 4 is 58.4 Å². The summed E-state index contributed by atoms with van der Waals surface area (Å²) in [6.45, 7) is 4.19. The van der Waals surface area contributed by atoms with E-state index in [0.29, 0.717) is 43.5 Å². The molecule has 2 heterocycles. The number of thiazole rings is 1. The zero-order chi connectivity index (χ0) is 35.2. The van der Waals surface area contributed by atoms with Crippen molar-refractivity contribution in [3.05, 3.63) is 155 Å². The molecule has 0 N–H and O–H groups in total. The van der Waals surface area contributed by atoms with Crippen LogP contribution < -0.4 is 19.6 Å². The summed E-state index contributed by atoms with van der Waals surface area (Å²) in [5.41, 5.74) is 3.80. The standard InChI is InChI=1S/C39H33ClN2O6S2/c1-4-46-37(44)27-13-11-24(12-14-27)23-48-31-20-17-29(40)21-28(31)22-32-36(43)42-35(26-15-18-30(49-3)19-16-26)33(38(45)47-5-2)34(41-39(42)50-32)25-9-7-6-8-10-25/h6-22,35H,4-5,23H2,1-3H3/b32-22-/t35-/m1/s1. The Morgan fingerprint density at radius 2 is 1.62 bits per heavy atom. The van der Waals surface area contributed by atoms with Gasteiger partial charge in [-0.1, -0.05) is 77.5 Å². The van der Waals surface area contributed by atoms with Crippen molar-refractivity contribution in [2.45, 2.75) is 31.4 Å². The Morgan fingerprint density at radius 1 is 0.920 bits per heavy atom. The van der Waals surface area contributed by atoms with Crippen LogP contribution in [0.15, 0.2) is 117 Å². The number of thioether (sulfide) groups is 1. The Bertz CT molecular complexity index is 2250. The molecule has 1 aliphatic rings. The monoisotopic (exact) mass is 724 g/mol. The van der Waals surface area contributed by atoms with Crippen LogP contribution in [0.25, 0.3) is 11.8 Å². The maximum atomic E-state index is 14.4. The molecule has 0 saturated heterocycles. The normalized spacial score (nSPS) is 14.2. The number of ether oxygens (including phenoxy) is 3. The van der Waals surface area contributed by atoms with E-state index in [9.17, 15) is 14.4 Å². The second-order valence-corrected chi connectivity index (χ2v) is 13.4. The molecule has 4 aromatic carbocycles. The van der Waals surface area contributed by atoms with E-state index in [2.05, 4.69) is 0 Å². The smallest absolute Gasteiger partial charge is 0.338 e. The highest BCUT2D eigenvalue weighted by Gasteiger charge is 2.35. The van der Waals surface area contributed by atoms with Gasteiger partial charge in [-0.25, -0.2) is 14.6 Å². The summed E-state index contributed by atoms with van der Waals surface area (Å²) in [4.78, 5) is 46.6. The number of rotatable bonds is 11. The zero-order valence-corrected chi connectivity index (χ0v) is 29.9. The number of fused-ring (bicyclic) bond motifs is 1. The summed E-state index contributed by atoms with van der Waals surface area (Å²) in [6, 6.07) is 28.7. The second kappa shape index (κ2) is 15.8. The van der Waals surface area contributed by atoms with Crippen molar-refractivity contribution in [1.29, 1.82) is 0 Å². The van der Waals surface area contributed by atoms with Crippen LogP contribution in [-0.2, 0) is 20.9 Å². The van der Waals surface area contributed by atoms with E-state index in [1.807, 2.05) is 60.9 Å². The van der Waals surface area contributed by atoms with Gasteiger partial charge in [-0.05, 0) is 79.8 Å². The van der Waals surface area contributed by atoms with Gasteiger partial charge < -0.3 is 14.2 Å². The highest BCUT2D eigenvalue weighted by atomic mass is 35.5. The molecule has 0 spiro atoms. The molecule has 0 unspecified atom stereocenters. The van der Waals surface area contributed by atoms with E-state index in [1.165, 1.54) is 11.3 Å². The summed E-state index contributed by atoms with van der Waals surface area (Å²) >= 11 is 9.26. The number of benzene rings is 4. The van der Waals surface area contributed by atoms with Crippen molar-refractivity contribution in [3.8, 4) is 5.75 Å². The van der Waals surface area contributed by atoms with E-state index in [0.717, 1.165) is 21.6 Å². The van der Waals surface area contributed by atoms with Gasteiger partial charge in [-0.15, -0.1) is 11.8 Å². The van der Waals surface area contributed by atoms with Crippen molar-refractivity contribution < 1.29 is 23.8 Å². The average molecular weight is 725 g/mol. The first-order valence-corrected chi connectivity index (χ1v) is 18.3. The lowest BCUT2D eigenvalue weighted by Gasteiger charge is -2.26. The van der Waals surface area contributed by atoms with Crippen LogP contribution in [-0.4, -0.2) is 36.0 Å². The SMILES string of the molecule is CCOC(=O)C1=C(c2ccccc2)N=c2s/c(=C\c3cc(Cl)ccc3OCc3ccc(C(=O)OCC)cc3)c(=O)n2[C@@H]1c1ccc(SC)cc1. The van der Waals surface area contributed by atoms with Gasteiger partial charge in [0.15, 0.2) is 4.80 Å². The van der Waals surface area contributed by atoms with Crippen molar-refractivity contribution in [3.63, 3.8) is 0 Å². The number of aromatic nitrogens is 1. The van der Waals surface area contributed by atoms with Crippen molar-refractivity contribution in [2.24, 2.45) is 4.99 Å². The molecule has 11 heteroatoms. The van der Waals surface area contributed by atoms with Gasteiger partial charge in [0.2, 0.25) is 0 Å². The summed E-state index contributed by atoms with van der Waals surface area (Å²) in [5.74, 6) is -0.411. The largest absolute Gasteiger partial charge is 0.488 e. The molecule has 1 atom stereocenters. The molecule has 8 nitrogen and oxygen atoms in total. The Labute approximate surface area is 302 Å². The molecule has 1 aromatic heterocycles. The van der Waals surface area contributed by atoms with Crippen LogP contribution >= 0.6 is 34.7 Å². The van der Waals surface area contributed by atoms with Crippen LogP contribution in [0.3, 0.4) is 0 Å². The van der Waals surface area contributed by atoms with Crippen molar-refractivity contribution in [2.75, 3.05) is 19.5 Å². The van der Waals surface area contributed by atoms with Crippen LogP contribution in [0.5, 0.6) is 5.75 Å². The van der Waals surface area contributed by atoms with E-state index < -0.39 is 12.0 Å².